The van der Waals surface area contributed by atoms with Crippen LogP contribution in [0.3, 0.4) is 0 Å². The quantitative estimate of drug-likeness (QED) is 0.735. The number of nitrogens with zero attached hydrogens (tertiary/aromatic N) is 2. The molecule has 2 rings (SSSR count). The Labute approximate surface area is 126 Å². The largest absolute Gasteiger partial charge is 0.444 e. The van der Waals surface area contributed by atoms with Gasteiger partial charge in [-0.1, -0.05) is 19.1 Å². The van der Waals surface area contributed by atoms with Crippen molar-refractivity contribution in [1.29, 1.82) is 0 Å². The lowest BCUT2D eigenvalue weighted by atomic mass is 9.94. The van der Waals surface area contributed by atoms with Crippen LogP contribution in [-0.2, 0) is 9.53 Å². The second-order valence-corrected chi connectivity index (χ2v) is 6.77. The Morgan fingerprint density at radius 2 is 1.86 bits per heavy atom. The highest BCUT2D eigenvalue weighted by Crippen LogP contribution is 2.32. The van der Waals surface area contributed by atoms with Gasteiger partial charge in [0.05, 0.1) is 0 Å². The molecule has 0 aliphatic carbocycles. The van der Waals surface area contributed by atoms with Gasteiger partial charge >= 0.3 is 6.09 Å². The number of likely N-dealkylation sites (tertiary alicyclic amines) is 1. The monoisotopic (exact) mass is 294 g/mol. The summed E-state index contributed by atoms with van der Waals surface area (Å²) in [4.78, 5) is 28.8. The Kier molecular flexibility index (Phi) is 4.30. The van der Waals surface area contributed by atoms with Gasteiger partial charge in [-0.05, 0) is 40.0 Å². The summed E-state index contributed by atoms with van der Waals surface area (Å²) in [7, 11) is 0. The predicted molar refractivity (Wildman–Crippen MR) is 80.9 cm³/mol. The summed E-state index contributed by atoms with van der Waals surface area (Å²) in [5.74, 6) is 0.0297. The molecule has 0 radical (unpaired) electrons. The molecule has 118 valence electrons. The number of rotatable bonds is 2. The second kappa shape index (κ2) is 5.70. The fourth-order valence-electron chi connectivity index (χ4n) is 3.00. The van der Waals surface area contributed by atoms with Crippen LogP contribution in [0.15, 0.2) is 12.2 Å². The van der Waals surface area contributed by atoms with Gasteiger partial charge in [0.15, 0.2) is 0 Å². The highest BCUT2D eigenvalue weighted by Gasteiger charge is 2.48. The molecule has 2 aliphatic rings. The molecule has 1 fully saturated rings. The summed E-state index contributed by atoms with van der Waals surface area (Å²) in [6, 6.07) is 0. The molecule has 1 saturated heterocycles. The zero-order chi connectivity index (χ0) is 15.7. The van der Waals surface area contributed by atoms with E-state index in [2.05, 4.69) is 0 Å². The molecule has 5 nitrogen and oxygen atoms in total. The molecule has 0 saturated carbocycles. The lowest BCUT2D eigenvalue weighted by Crippen LogP contribution is -2.58. The van der Waals surface area contributed by atoms with Crippen LogP contribution in [-0.4, -0.2) is 52.6 Å². The Bertz CT molecular complexity index is 447. The zero-order valence-electron chi connectivity index (χ0n) is 13.5. The Hall–Kier alpha value is -1.52. The first-order chi connectivity index (χ1) is 9.80. The normalized spacial score (nSPS) is 25.5. The molecule has 21 heavy (non-hydrogen) atoms. The molecular weight excluding hydrogens is 268 g/mol. The average Bonchev–Trinajstić information content (AvgIpc) is 3.05. The van der Waals surface area contributed by atoms with E-state index < -0.39 is 17.2 Å². The second-order valence-electron chi connectivity index (χ2n) is 6.77. The molecule has 2 aliphatic heterocycles. The molecular formula is C16H26N2O3. The van der Waals surface area contributed by atoms with Gasteiger partial charge in [-0.3, -0.25) is 9.69 Å². The predicted octanol–water partition coefficient (Wildman–Crippen LogP) is 2.56. The number of carbonyl (C=O) groups excluding carboxylic acids is 2. The van der Waals surface area contributed by atoms with Crippen molar-refractivity contribution in [2.24, 2.45) is 0 Å². The Morgan fingerprint density at radius 1 is 1.24 bits per heavy atom. The molecule has 2 amide bonds. The third-order valence-electron chi connectivity index (χ3n) is 4.08. The van der Waals surface area contributed by atoms with Crippen molar-refractivity contribution in [3.8, 4) is 0 Å². The molecule has 1 atom stereocenters. The highest BCUT2D eigenvalue weighted by atomic mass is 16.6. The molecule has 0 aromatic rings. The molecule has 0 spiro atoms. The van der Waals surface area contributed by atoms with E-state index in [1.54, 1.807) is 4.90 Å². The van der Waals surface area contributed by atoms with Crippen molar-refractivity contribution in [2.75, 3.05) is 19.6 Å². The maximum atomic E-state index is 12.9. The standard InChI is InChI=1S/C16H26N2O3/c1-5-16(13(19)17-10-6-7-11-17)9-8-12-18(16)14(20)21-15(2,3)4/h8-9H,5-7,10-12H2,1-4H3. The topological polar surface area (TPSA) is 49.9 Å². The minimum Gasteiger partial charge on any atom is -0.444 e. The van der Waals surface area contributed by atoms with E-state index in [0.29, 0.717) is 13.0 Å². The zero-order valence-corrected chi connectivity index (χ0v) is 13.5. The van der Waals surface area contributed by atoms with Crippen LogP contribution in [0.2, 0.25) is 0 Å². The molecule has 2 heterocycles. The summed E-state index contributed by atoms with van der Waals surface area (Å²) in [6.45, 7) is 9.47. The van der Waals surface area contributed by atoms with Crippen molar-refractivity contribution in [1.82, 2.24) is 9.80 Å². The van der Waals surface area contributed by atoms with E-state index in [4.69, 9.17) is 4.74 Å². The van der Waals surface area contributed by atoms with E-state index in [-0.39, 0.29) is 5.91 Å². The molecule has 0 aromatic heterocycles. The Balaban J connectivity index is 2.21. The SMILES string of the molecule is CCC1(C(=O)N2CCCC2)C=CCN1C(=O)OC(C)(C)C. The average molecular weight is 294 g/mol. The van der Waals surface area contributed by atoms with Crippen LogP contribution in [0.1, 0.15) is 47.0 Å². The molecule has 0 N–H and O–H groups in total. The summed E-state index contributed by atoms with van der Waals surface area (Å²) in [5, 5.41) is 0. The first kappa shape index (κ1) is 15.9. The van der Waals surface area contributed by atoms with Crippen molar-refractivity contribution in [2.45, 2.75) is 58.1 Å². The van der Waals surface area contributed by atoms with Crippen molar-refractivity contribution >= 4 is 12.0 Å². The first-order valence-electron chi connectivity index (χ1n) is 7.78. The fraction of sp³-hybridized carbons (Fsp3) is 0.750. The Morgan fingerprint density at radius 3 is 2.38 bits per heavy atom. The van der Waals surface area contributed by atoms with Gasteiger partial charge in [-0.2, -0.15) is 0 Å². The maximum Gasteiger partial charge on any atom is 0.411 e. The third kappa shape index (κ3) is 3.06. The van der Waals surface area contributed by atoms with Crippen molar-refractivity contribution in [3.63, 3.8) is 0 Å². The fourth-order valence-corrected chi connectivity index (χ4v) is 3.00. The molecule has 1 unspecified atom stereocenters. The van der Waals surface area contributed by atoms with Gasteiger partial charge in [-0.15, -0.1) is 0 Å². The van der Waals surface area contributed by atoms with Gasteiger partial charge < -0.3 is 9.64 Å². The maximum absolute atomic E-state index is 12.9. The van der Waals surface area contributed by atoms with Gasteiger partial charge in [0, 0.05) is 19.6 Å². The summed E-state index contributed by atoms with van der Waals surface area (Å²) in [6.07, 6.45) is 6.00. The minimum absolute atomic E-state index is 0.0297. The van der Waals surface area contributed by atoms with Crippen LogP contribution in [0.25, 0.3) is 0 Å². The van der Waals surface area contributed by atoms with Gasteiger partial charge in [0.2, 0.25) is 0 Å². The van der Waals surface area contributed by atoms with E-state index in [9.17, 15) is 9.59 Å². The number of carbonyl (C=O) groups is 2. The molecule has 0 aromatic carbocycles. The number of hydrogen-bond acceptors (Lipinski definition) is 3. The van der Waals surface area contributed by atoms with Crippen LogP contribution >= 0.6 is 0 Å². The van der Waals surface area contributed by atoms with Gasteiger partial charge in [0.25, 0.3) is 5.91 Å². The van der Waals surface area contributed by atoms with Crippen molar-refractivity contribution in [3.05, 3.63) is 12.2 Å². The van der Waals surface area contributed by atoms with Crippen LogP contribution in [0.4, 0.5) is 4.79 Å². The smallest absolute Gasteiger partial charge is 0.411 e. The van der Waals surface area contributed by atoms with E-state index >= 15 is 0 Å². The van der Waals surface area contributed by atoms with Crippen LogP contribution in [0, 0.1) is 0 Å². The van der Waals surface area contributed by atoms with E-state index in [1.807, 2.05) is 44.7 Å². The highest BCUT2D eigenvalue weighted by molar-refractivity contribution is 5.93. The van der Waals surface area contributed by atoms with E-state index in [1.165, 1.54) is 0 Å². The van der Waals surface area contributed by atoms with Crippen molar-refractivity contribution < 1.29 is 14.3 Å². The molecule has 0 bridgehead atoms. The summed E-state index contributed by atoms with van der Waals surface area (Å²) >= 11 is 0. The van der Waals surface area contributed by atoms with Crippen LogP contribution < -0.4 is 0 Å². The van der Waals surface area contributed by atoms with Crippen LogP contribution in [0.5, 0.6) is 0 Å². The van der Waals surface area contributed by atoms with Gasteiger partial charge in [-0.25, -0.2) is 4.79 Å². The summed E-state index contributed by atoms with van der Waals surface area (Å²) in [5.41, 5.74) is -1.43. The summed E-state index contributed by atoms with van der Waals surface area (Å²) < 4.78 is 5.47. The lowest BCUT2D eigenvalue weighted by Gasteiger charge is -2.39. The minimum atomic E-state index is -0.868. The number of hydrogen-bond donors (Lipinski definition) is 0. The van der Waals surface area contributed by atoms with E-state index in [0.717, 1.165) is 25.9 Å². The lowest BCUT2D eigenvalue weighted by molar-refractivity contribution is -0.139. The number of ether oxygens (including phenoxy) is 1. The number of amides is 2. The first-order valence-corrected chi connectivity index (χ1v) is 7.78. The third-order valence-corrected chi connectivity index (χ3v) is 4.08. The molecule has 5 heteroatoms. The van der Waals surface area contributed by atoms with Gasteiger partial charge in [0.1, 0.15) is 11.1 Å².